The SMILES string of the molecule is COc1ccc(CN2CCCC2=O)cc1-c1cccc([N+](=O)[O-])c1. The van der Waals surface area contributed by atoms with E-state index in [2.05, 4.69) is 0 Å². The number of nitrogens with zero attached hydrogens (tertiary/aromatic N) is 2. The maximum atomic E-state index is 11.8. The molecule has 2 aromatic carbocycles. The van der Waals surface area contributed by atoms with E-state index in [1.165, 1.54) is 12.1 Å². The van der Waals surface area contributed by atoms with Crippen LogP contribution in [0.25, 0.3) is 11.1 Å². The second kappa shape index (κ2) is 6.70. The Labute approximate surface area is 139 Å². The molecule has 6 nitrogen and oxygen atoms in total. The van der Waals surface area contributed by atoms with Crippen LogP contribution in [0.4, 0.5) is 5.69 Å². The van der Waals surface area contributed by atoms with E-state index in [9.17, 15) is 14.9 Å². The van der Waals surface area contributed by atoms with Gasteiger partial charge in [-0.3, -0.25) is 14.9 Å². The van der Waals surface area contributed by atoms with Crippen molar-refractivity contribution in [1.82, 2.24) is 4.90 Å². The number of likely N-dealkylation sites (tertiary alicyclic amines) is 1. The summed E-state index contributed by atoms with van der Waals surface area (Å²) in [6.07, 6.45) is 1.50. The number of ether oxygens (including phenoxy) is 1. The number of non-ortho nitro benzene ring substituents is 1. The molecule has 1 heterocycles. The van der Waals surface area contributed by atoms with Crippen LogP contribution in [0.3, 0.4) is 0 Å². The lowest BCUT2D eigenvalue weighted by atomic mass is 10.0. The maximum Gasteiger partial charge on any atom is 0.270 e. The van der Waals surface area contributed by atoms with Gasteiger partial charge < -0.3 is 9.64 Å². The standard InChI is InChI=1S/C18H18N2O4/c1-24-17-8-7-13(12-19-9-3-6-18(19)21)10-16(17)14-4-2-5-15(11-14)20(22)23/h2,4-5,7-8,10-11H,3,6,9,12H2,1H3. The molecule has 2 aromatic rings. The number of rotatable bonds is 5. The summed E-state index contributed by atoms with van der Waals surface area (Å²) in [7, 11) is 1.57. The summed E-state index contributed by atoms with van der Waals surface area (Å²) in [5.41, 5.74) is 2.52. The van der Waals surface area contributed by atoms with E-state index in [0.29, 0.717) is 18.7 Å². The minimum absolute atomic E-state index is 0.0367. The molecule has 0 radical (unpaired) electrons. The smallest absolute Gasteiger partial charge is 0.270 e. The quantitative estimate of drug-likeness (QED) is 0.623. The van der Waals surface area contributed by atoms with Crippen LogP contribution in [0.15, 0.2) is 42.5 Å². The van der Waals surface area contributed by atoms with Gasteiger partial charge in [0.15, 0.2) is 0 Å². The molecule has 1 saturated heterocycles. The lowest BCUT2D eigenvalue weighted by molar-refractivity contribution is -0.384. The average molecular weight is 326 g/mol. The van der Waals surface area contributed by atoms with E-state index in [-0.39, 0.29) is 11.6 Å². The van der Waals surface area contributed by atoms with Crippen LogP contribution in [-0.2, 0) is 11.3 Å². The van der Waals surface area contributed by atoms with Crippen molar-refractivity contribution in [2.24, 2.45) is 0 Å². The predicted molar refractivity (Wildman–Crippen MR) is 89.7 cm³/mol. The van der Waals surface area contributed by atoms with Gasteiger partial charge in [0, 0.05) is 37.2 Å². The molecule has 0 bridgehead atoms. The highest BCUT2D eigenvalue weighted by Crippen LogP contribution is 2.33. The van der Waals surface area contributed by atoms with Gasteiger partial charge in [-0.2, -0.15) is 0 Å². The molecule has 1 fully saturated rings. The van der Waals surface area contributed by atoms with Crippen molar-refractivity contribution < 1.29 is 14.5 Å². The molecule has 1 aliphatic heterocycles. The minimum Gasteiger partial charge on any atom is -0.496 e. The van der Waals surface area contributed by atoms with Gasteiger partial charge in [0.1, 0.15) is 5.75 Å². The van der Waals surface area contributed by atoms with Crippen LogP contribution in [-0.4, -0.2) is 29.4 Å². The van der Waals surface area contributed by atoms with Crippen LogP contribution in [0.5, 0.6) is 5.75 Å². The first-order chi connectivity index (χ1) is 11.6. The molecule has 0 spiro atoms. The number of carbonyl (C=O) groups excluding carboxylic acids is 1. The Bertz CT molecular complexity index is 788. The lowest BCUT2D eigenvalue weighted by Gasteiger charge is -2.17. The monoisotopic (exact) mass is 326 g/mol. The van der Waals surface area contributed by atoms with Crippen LogP contribution in [0.1, 0.15) is 18.4 Å². The zero-order valence-corrected chi connectivity index (χ0v) is 13.4. The molecule has 0 unspecified atom stereocenters. The molecule has 0 aromatic heterocycles. The van der Waals surface area contributed by atoms with Gasteiger partial charge in [-0.1, -0.05) is 18.2 Å². The second-order valence-corrected chi connectivity index (χ2v) is 5.76. The summed E-state index contributed by atoms with van der Waals surface area (Å²) in [6.45, 7) is 1.32. The molecule has 0 saturated carbocycles. The molecular weight excluding hydrogens is 308 g/mol. The first-order valence-electron chi connectivity index (χ1n) is 7.78. The zero-order valence-electron chi connectivity index (χ0n) is 13.4. The van der Waals surface area contributed by atoms with E-state index in [1.54, 1.807) is 13.2 Å². The third-order valence-corrected chi connectivity index (χ3v) is 4.18. The number of amides is 1. The molecule has 0 atom stereocenters. The van der Waals surface area contributed by atoms with Gasteiger partial charge in [0.2, 0.25) is 5.91 Å². The molecule has 0 N–H and O–H groups in total. The summed E-state index contributed by atoms with van der Waals surface area (Å²) in [5, 5.41) is 11.0. The van der Waals surface area contributed by atoms with Gasteiger partial charge in [-0.05, 0) is 29.7 Å². The van der Waals surface area contributed by atoms with E-state index < -0.39 is 4.92 Å². The summed E-state index contributed by atoms with van der Waals surface area (Å²) in [4.78, 5) is 24.2. The summed E-state index contributed by atoms with van der Waals surface area (Å²) >= 11 is 0. The van der Waals surface area contributed by atoms with Gasteiger partial charge in [0.25, 0.3) is 5.69 Å². The Hall–Kier alpha value is -2.89. The van der Waals surface area contributed by atoms with Gasteiger partial charge >= 0.3 is 0 Å². The molecule has 6 heteroatoms. The number of nitro groups is 1. The van der Waals surface area contributed by atoms with Crippen molar-refractivity contribution in [3.63, 3.8) is 0 Å². The second-order valence-electron chi connectivity index (χ2n) is 5.76. The first kappa shape index (κ1) is 16.0. The lowest BCUT2D eigenvalue weighted by Crippen LogP contribution is -2.23. The van der Waals surface area contributed by atoms with Gasteiger partial charge in [-0.15, -0.1) is 0 Å². The zero-order chi connectivity index (χ0) is 17.1. The maximum absolute atomic E-state index is 11.8. The molecule has 3 rings (SSSR count). The van der Waals surface area contributed by atoms with Crippen molar-refractivity contribution >= 4 is 11.6 Å². The number of carbonyl (C=O) groups is 1. The highest BCUT2D eigenvalue weighted by atomic mass is 16.6. The molecule has 1 aliphatic rings. The Balaban J connectivity index is 1.96. The highest BCUT2D eigenvalue weighted by Gasteiger charge is 2.20. The molecular formula is C18H18N2O4. The van der Waals surface area contributed by atoms with Gasteiger partial charge in [0.05, 0.1) is 12.0 Å². The van der Waals surface area contributed by atoms with Crippen molar-refractivity contribution in [2.75, 3.05) is 13.7 Å². The third-order valence-electron chi connectivity index (χ3n) is 4.18. The number of methoxy groups -OCH3 is 1. The third kappa shape index (κ3) is 3.22. The summed E-state index contributed by atoms with van der Waals surface area (Å²) in [6, 6.07) is 12.2. The summed E-state index contributed by atoms with van der Waals surface area (Å²) in [5.74, 6) is 0.815. The fourth-order valence-corrected chi connectivity index (χ4v) is 2.96. The minimum atomic E-state index is -0.414. The van der Waals surface area contributed by atoms with Crippen LogP contribution < -0.4 is 4.74 Å². The highest BCUT2D eigenvalue weighted by molar-refractivity contribution is 5.78. The van der Waals surface area contributed by atoms with Gasteiger partial charge in [-0.25, -0.2) is 0 Å². The Morgan fingerprint density at radius 1 is 1.25 bits per heavy atom. The topological polar surface area (TPSA) is 72.7 Å². The number of hydrogen-bond donors (Lipinski definition) is 0. The van der Waals surface area contributed by atoms with Crippen LogP contribution >= 0.6 is 0 Å². The van der Waals surface area contributed by atoms with E-state index in [4.69, 9.17) is 4.74 Å². The first-order valence-corrected chi connectivity index (χ1v) is 7.78. The normalized spacial score (nSPS) is 14.0. The van der Waals surface area contributed by atoms with Crippen molar-refractivity contribution in [3.8, 4) is 16.9 Å². The fourth-order valence-electron chi connectivity index (χ4n) is 2.96. The predicted octanol–water partition coefficient (Wildman–Crippen LogP) is 3.39. The Morgan fingerprint density at radius 3 is 2.75 bits per heavy atom. The Kier molecular flexibility index (Phi) is 4.46. The fraction of sp³-hybridized carbons (Fsp3) is 0.278. The van der Waals surface area contributed by atoms with E-state index in [1.807, 2.05) is 29.2 Å². The van der Waals surface area contributed by atoms with Crippen LogP contribution in [0.2, 0.25) is 0 Å². The molecule has 0 aliphatic carbocycles. The number of nitro benzene ring substituents is 1. The number of hydrogen-bond acceptors (Lipinski definition) is 4. The Morgan fingerprint density at radius 2 is 2.08 bits per heavy atom. The van der Waals surface area contributed by atoms with Crippen molar-refractivity contribution in [2.45, 2.75) is 19.4 Å². The van der Waals surface area contributed by atoms with E-state index >= 15 is 0 Å². The van der Waals surface area contributed by atoms with Crippen molar-refractivity contribution in [1.29, 1.82) is 0 Å². The average Bonchev–Trinajstić information content (AvgIpc) is 3.00. The van der Waals surface area contributed by atoms with Crippen LogP contribution in [0, 0.1) is 10.1 Å². The molecule has 24 heavy (non-hydrogen) atoms. The molecule has 1 amide bonds. The largest absolute Gasteiger partial charge is 0.496 e. The number of benzene rings is 2. The van der Waals surface area contributed by atoms with E-state index in [0.717, 1.165) is 29.7 Å². The molecule has 124 valence electrons. The summed E-state index contributed by atoms with van der Waals surface area (Å²) < 4.78 is 5.40. The van der Waals surface area contributed by atoms with Crippen molar-refractivity contribution in [3.05, 3.63) is 58.1 Å².